The number of amides is 2. The predicted molar refractivity (Wildman–Crippen MR) is 84.5 cm³/mol. The lowest BCUT2D eigenvalue weighted by Gasteiger charge is -2.29. The Hall–Kier alpha value is -1.47. The van der Waals surface area contributed by atoms with Crippen LogP contribution in [0.15, 0.2) is 0 Å². The van der Waals surface area contributed by atoms with Gasteiger partial charge in [-0.3, -0.25) is 14.9 Å². The molecular formula is C16H28N2O5. The lowest BCUT2D eigenvalue weighted by Crippen LogP contribution is -2.53. The number of rotatable bonds is 5. The van der Waals surface area contributed by atoms with E-state index in [9.17, 15) is 14.4 Å². The van der Waals surface area contributed by atoms with Crippen molar-refractivity contribution in [2.75, 3.05) is 14.2 Å². The zero-order chi connectivity index (χ0) is 17.6. The number of likely N-dealkylation sites (N-methyl/N-ethyl adjacent to an activating group) is 1. The van der Waals surface area contributed by atoms with Gasteiger partial charge >= 0.3 is 6.09 Å². The van der Waals surface area contributed by atoms with Crippen molar-refractivity contribution in [2.45, 2.75) is 64.5 Å². The topological polar surface area (TPSA) is 84.9 Å². The lowest BCUT2D eigenvalue weighted by atomic mass is 9.83. The average Bonchev–Trinajstić information content (AvgIpc) is 2.45. The number of carbonyl (C=O) groups excluding carboxylic acids is 3. The largest absolute Gasteiger partial charge is 0.444 e. The van der Waals surface area contributed by atoms with Gasteiger partial charge < -0.3 is 9.57 Å². The molecule has 132 valence electrons. The van der Waals surface area contributed by atoms with Crippen LogP contribution in [0.1, 0.15) is 52.9 Å². The summed E-state index contributed by atoms with van der Waals surface area (Å²) >= 11 is 0. The van der Waals surface area contributed by atoms with Crippen LogP contribution < -0.4 is 5.32 Å². The van der Waals surface area contributed by atoms with Crippen LogP contribution in [0.2, 0.25) is 0 Å². The number of ketones is 1. The molecule has 0 heterocycles. The van der Waals surface area contributed by atoms with Crippen molar-refractivity contribution in [1.29, 1.82) is 0 Å². The van der Waals surface area contributed by atoms with E-state index in [0.29, 0.717) is 0 Å². The molecule has 0 aliphatic heterocycles. The molecule has 0 aromatic heterocycles. The molecule has 1 aliphatic carbocycles. The van der Waals surface area contributed by atoms with E-state index < -0.39 is 23.6 Å². The fourth-order valence-electron chi connectivity index (χ4n) is 2.66. The van der Waals surface area contributed by atoms with Crippen molar-refractivity contribution >= 4 is 17.8 Å². The van der Waals surface area contributed by atoms with Crippen molar-refractivity contribution in [3.63, 3.8) is 0 Å². The maximum Gasteiger partial charge on any atom is 0.414 e. The highest BCUT2D eigenvalue weighted by Gasteiger charge is 2.37. The fraction of sp³-hybridized carbons (Fsp3) is 0.812. The Bertz CT molecular complexity index is 438. The molecule has 23 heavy (non-hydrogen) atoms. The monoisotopic (exact) mass is 328 g/mol. The lowest BCUT2D eigenvalue weighted by molar-refractivity contribution is -0.170. The quantitative estimate of drug-likeness (QED) is 0.614. The van der Waals surface area contributed by atoms with E-state index in [0.717, 1.165) is 32.1 Å². The summed E-state index contributed by atoms with van der Waals surface area (Å²) in [7, 11) is 2.88. The third-order valence-electron chi connectivity index (χ3n) is 3.80. The van der Waals surface area contributed by atoms with Crippen molar-refractivity contribution in [1.82, 2.24) is 10.4 Å². The van der Waals surface area contributed by atoms with Crippen LogP contribution in [0.5, 0.6) is 0 Å². The third kappa shape index (κ3) is 6.27. The SMILES string of the molecule is CON(C)[C@H](C(=O)NC(=O)OC(C)(C)C)C(=O)C1CCCCC1. The van der Waals surface area contributed by atoms with Crippen LogP contribution in [0.4, 0.5) is 4.79 Å². The molecule has 0 radical (unpaired) electrons. The first-order valence-electron chi connectivity index (χ1n) is 8.00. The molecule has 7 nitrogen and oxygen atoms in total. The highest BCUT2D eigenvalue weighted by atomic mass is 16.7. The van der Waals surface area contributed by atoms with Crippen LogP contribution in [0, 0.1) is 5.92 Å². The number of imide groups is 1. The van der Waals surface area contributed by atoms with E-state index in [1.54, 1.807) is 20.8 Å². The van der Waals surface area contributed by atoms with E-state index in [2.05, 4.69) is 5.32 Å². The summed E-state index contributed by atoms with van der Waals surface area (Å²) < 4.78 is 5.06. The Morgan fingerprint density at radius 3 is 2.17 bits per heavy atom. The fourth-order valence-corrected chi connectivity index (χ4v) is 2.66. The minimum atomic E-state index is -1.16. The molecule has 0 spiro atoms. The minimum absolute atomic E-state index is 0.171. The Balaban J connectivity index is 2.78. The molecule has 0 unspecified atom stereocenters. The summed E-state index contributed by atoms with van der Waals surface area (Å²) in [6.07, 6.45) is 3.74. The smallest absolute Gasteiger partial charge is 0.414 e. The van der Waals surface area contributed by atoms with Gasteiger partial charge in [0.1, 0.15) is 5.60 Å². The molecule has 1 atom stereocenters. The summed E-state index contributed by atoms with van der Waals surface area (Å²) in [6, 6.07) is -1.16. The molecule has 1 aliphatic rings. The molecular weight excluding hydrogens is 300 g/mol. The second kappa shape index (κ2) is 8.40. The molecule has 0 aromatic carbocycles. The number of ether oxygens (including phenoxy) is 1. The first kappa shape index (κ1) is 19.6. The average molecular weight is 328 g/mol. The van der Waals surface area contributed by atoms with Gasteiger partial charge in [-0.15, -0.1) is 0 Å². The van der Waals surface area contributed by atoms with Crippen molar-refractivity contribution in [2.24, 2.45) is 5.92 Å². The van der Waals surface area contributed by atoms with Crippen molar-refractivity contribution < 1.29 is 24.0 Å². The number of nitrogens with zero attached hydrogens (tertiary/aromatic N) is 1. The number of hydroxylamine groups is 2. The summed E-state index contributed by atoms with van der Waals surface area (Å²) in [5.74, 6) is -1.11. The number of carbonyl (C=O) groups is 3. The van der Waals surface area contributed by atoms with E-state index in [4.69, 9.17) is 9.57 Å². The Kier molecular flexibility index (Phi) is 7.15. The van der Waals surface area contributed by atoms with Gasteiger partial charge in [0, 0.05) is 13.0 Å². The highest BCUT2D eigenvalue weighted by molar-refractivity contribution is 6.10. The van der Waals surface area contributed by atoms with Gasteiger partial charge in [0.2, 0.25) is 0 Å². The van der Waals surface area contributed by atoms with Crippen LogP contribution in [-0.4, -0.2) is 48.6 Å². The van der Waals surface area contributed by atoms with Gasteiger partial charge in [-0.1, -0.05) is 19.3 Å². The van der Waals surface area contributed by atoms with Gasteiger partial charge in [-0.05, 0) is 33.6 Å². The zero-order valence-electron chi connectivity index (χ0n) is 14.7. The number of hydrogen-bond donors (Lipinski definition) is 1. The Morgan fingerprint density at radius 1 is 1.13 bits per heavy atom. The second-order valence-electron chi connectivity index (χ2n) is 6.86. The van der Waals surface area contributed by atoms with Crippen molar-refractivity contribution in [3.8, 4) is 0 Å². The molecule has 2 amide bonds. The third-order valence-corrected chi connectivity index (χ3v) is 3.80. The van der Waals surface area contributed by atoms with E-state index in [1.807, 2.05) is 0 Å². The van der Waals surface area contributed by atoms with Crippen LogP contribution in [0.3, 0.4) is 0 Å². The molecule has 1 saturated carbocycles. The van der Waals surface area contributed by atoms with Gasteiger partial charge in [0.15, 0.2) is 11.8 Å². The summed E-state index contributed by atoms with van der Waals surface area (Å²) in [5, 5.41) is 3.31. The maximum atomic E-state index is 12.7. The highest BCUT2D eigenvalue weighted by Crippen LogP contribution is 2.26. The predicted octanol–water partition coefficient (Wildman–Crippen LogP) is 2.05. The van der Waals surface area contributed by atoms with Crippen molar-refractivity contribution in [3.05, 3.63) is 0 Å². The molecule has 1 fully saturated rings. The Labute approximate surface area is 137 Å². The first-order chi connectivity index (χ1) is 10.7. The standard InChI is InChI=1S/C16H28N2O5/c1-16(2,3)23-15(21)17-14(20)12(18(4)22-5)13(19)11-9-7-6-8-10-11/h11-12H,6-10H2,1-5H3,(H,17,20,21)/t12-/m0/s1. The Morgan fingerprint density at radius 2 is 1.70 bits per heavy atom. The molecule has 1 rings (SSSR count). The molecule has 1 N–H and O–H groups in total. The molecule has 0 bridgehead atoms. The number of hydrogen-bond acceptors (Lipinski definition) is 6. The minimum Gasteiger partial charge on any atom is -0.444 e. The normalized spacial score (nSPS) is 17.7. The summed E-state index contributed by atoms with van der Waals surface area (Å²) in [5.41, 5.74) is -0.722. The van der Waals surface area contributed by atoms with E-state index in [1.165, 1.54) is 19.2 Å². The zero-order valence-corrected chi connectivity index (χ0v) is 14.7. The van der Waals surface area contributed by atoms with Crippen LogP contribution in [0.25, 0.3) is 0 Å². The maximum absolute atomic E-state index is 12.7. The second-order valence-corrected chi connectivity index (χ2v) is 6.86. The number of alkyl carbamates (subject to hydrolysis) is 1. The summed E-state index contributed by atoms with van der Waals surface area (Å²) in [6.45, 7) is 5.09. The van der Waals surface area contributed by atoms with Crippen LogP contribution >= 0.6 is 0 Å². The molecule has 7 heteroatoms. The molecule has 0 aromatic rings. The van der Waals surface area contributed by atoms with Gasteiger partial charge in [-0.25, -0.2) is 4.79 Å². The van der Waals surface area contributed by atoms with Gasteiger partial charge in [-0.2, -0.15) is 5.06 Å². The summed E-state index contributed by atoms with van der Waals surface area (Å²) in [4.78, 5) is 41.8. The van der Waals surface area contributed by atoms with E-state index >= 15 is 0 Å². The number of Topliss-reactive ketones (excluding diaryl/α,β-unsaturated/α-hetero) is 1. The van der Waals surface area contributed by atoms with Gasteiger partial charge in [0.05, 0.1) is 7.11 Å². The first-order valence-corrected chi connectivity index (χ1v) is 8.00. The van der Waals surface area contributed by atoms with Crippen LogP contribution in [-0.2, 0) is 19.2 Å². The van der Waals surface area contributed by atoms with E-state index in [-0.39, 0.29) is 11.7 Å². The van der Waals surface area contributed by atoms with Gasteiger partial charge in [0.25, 0.3) is 5.91 Å². The number of nitrogens with one attached hydrogen (secondary N) is 1. The molecule has 0 saturated heterocycles.